The maximum Gasteiger partial charge on any atom is 0.343 e. The number of non-ortho nitro benzene ring substituents is 1. The quantitative estimate of drug-likeness (QED) is 0.369. The van der Waals surface area contributed by atoms with Gasteiger partial charge < -0.3 is 4.74 Å². The van der Waals surface area contributed by atoms with Crippen LogP contribution in [0.25, 0.3) is 0 Å². The fourth-order valence-corrected chi connectivity index (χ4v) is 2.17. The number of nitro groups is 1. The number of benzene rings is 2. The van der Waals surface area contributed by atoms with Gasteiger partial charge >= 0.3 is 5.97 Å². The number of carbonyl (C=O) groups is 1. The molecule has 0 amide bonds. The first kappa shape index (κ1) is 14.2. The maximum atomic E-state index is 12.0. The van der Waals surface area contributed by atoms with E-state index < -0.39 is 10.9 Å². The van der Waals surface area contributed by atoms with Crippen molar-refractivity contribution in [3.63, 3.8) is 0 Å². The fourth-order valence-electron chi connectivity index (χ4n) is 1.59. The topological polar surface area (TPSA) is 69.4 Å². The number of esters is 1. The normalized spacial score (nSPS) is 10.1. The number of hydrogen-bond acceptors (Lipinski definition) is 4. The molecule has 6 heteroatoms. The third kappa shape index (κ3) is 3.21. The van der Waals surface area contributed by atoms with Gasteiger partial charge in [-0.3, -0.25) is 10.1 Å². The lowest BCUT2D eigenvalue weighted by Crippen LogP contribution is -2.09. The van der Waals surface area contributed by atoms with Crippen LogP contribution >= 0.6 is 15.9 Å². The van der Waals surface area contributed by atoms with Crippen LogP contribution in [0.3, 0.4) is 0 Å². The highest BCUT2D eigenvalue weighted by molar-refractivity contribution is 9.10. The van der Waals surface area contributed by atoms with Gasteiger partial charge in [-0.05, 0) is 46.6 Å². The number of aryl methyl sites for hydroxylation is 1. The van der Waals surface area contributed by atoms with Crippen LogP contribution in [0.5, 0.6) is 5.75 Å². The van der Waals surface area contributed by atoms with E-state index in [-0.39, 0.29) is 11.3 Å². The van der Waals surface area contributed by atoms with Gasteiger partial charge in [0.25, 0.3) is 5.69 Å². The van der Waals surface area contributed by atoms with E-state index in [0.717, 1.165) is 5.56 Å². The average Bonchev–Trinajstić information content (AvgIpc) is 2.42. The van der Waals surface area contributed by atoms with Crippen molar-refractivity contribution in [2.45, 2.75) is 6.92 Å². The molecule has 0 spiro atoms. The second-order valence-corrected chi connectivity index (χ2v) is 4.99. The Morgan fingerprint density at radius 2 is 2.00 bits per heavy atom. The van der Waals surface area contributed by atoms with Crippen LogP contribution in [0.2, 0.25) is 0 Å². The Labute approximate surface area is 123 Å². The molecule has 102 valence electrons. The summed E-state index contributed by atoms with van der Waals surface area (Å²) in [5.74, 6) is -0.273. The van der Waals surface area contributed by atoms with Gasteiger partial charge in [-0.15, -0.1) is 0 Å². The lowest BCUT2D eigenvalue weighted by molar-refractivity contribution is -0.384. The molecule has 0 saturated heterocycles. The van der Waals surface area contributed by atoms with Gasteiger partial charge in [-0.25, -0.2) is 4.79 Å². The number of nitro benzene ring substituents is 1. The minimum absolute atomic E-state index is 0.131. The van der Waals surface area contributed by atoms with Crippen molar-refractivity contribution in [1.29, 1.82) is 0 Å². The largest absolute Gasteiger partial charge is 0.422 e. The predicted molar refractivity (Wildman–Crippen MR) is 76.9 cm³/mol. The molecule has 0 aliphatic carbocycles. The minimum Gasteiger partial charge on any atom is -0.422 e. The lowest BCUT2D eigenvalue weighted by atomic mass is 10.2. The molecule has 0 fully saturated rings. The van der Waals surface area contributed by atoms with Crippen LogP contribution in [-0.2, 0) is 0 Å². The Hall–Kier alpha value is -2.21. The number of halogens is 1. The third-order valence-electron chi connectivity index (χ3n) is 2.58. The van der Waals surface area contributed by atoms with E-state index in [4.69, 9.17) is 4.74 Å². The number of carbonyl (C=O) groups excluding carboxylic acids is 1. The van der Waals surface area contributed by atoms with Crippen LogP contribution in [-0.4, -0.2) is 10.9 Å². The Kier molecular flexibility index (Phi) is 4.14. The van der Waals surface area contributed by atoms with E-state index in [1.54, 1.807) is 12.1 Å². The molecule has 0 radical (unpaired) electrons. The summed E-state index contributed by atoms with van der Waals surface area (Å²) in [5.41, 5.74) is 1.00. The van der Waals surface area contributed by atoms with Crippen molar-refractivity contribution >= 4 is 27.6 Å². The number of hydrogen-bond donors (Lipinski definition) is 0. The zero-order valence-electron chi connectivity index (χ0n) is 10.5. The summed E-state index contributed by atoms with van der Waals surface area (Å²) in [6.07, 6.45) is 0. The van der Waals surface area contributed by atoms with Crippen LogP contribution in [0.15, 0.2) is 46.9 Å². The summed E-state index contributed by atoms with van der Waals surface area (Å²) >= 11 is 3.30. The van der Waals surface area contributed by atoms with Crippen LogP contribution in [0, 0.1) is 17.0 Å². The van der Waals surface area contributed by atoms with Crippen LogP contribution in [0.4, 0.5) is 5.69 Å². The molecule has 0 aromatic heterocycles. The van der Waals surface area contributed by atoms with Gasteiger partial charge in [0.15, 0.2) is 0 Å². The van der Waals surface area contributed by atoms with E-state index in [1.165, 1.54) is 24.3 Å². The monoisotopic (exact) mass is 335 g/mol. The Bertz CT molecular complexity index is 685. The summed E-state index contributed by atoms with van der Waals surface area (Å²) in [4.78, 5) is 22.1. The molecule has 0 unspecified atom stereocenters. The number of ether oxygens (including phenoxy) is 1. The van der Waals surface area contributed by atoms with Gasteiger partial charge in [-0.1, -0.05) is 12.1 Å². The standard InChI is InChI=1S/C14H10BrNO4/c1-9-5-6-13(12(15)7-9)20-14(17)10-3-2-4-11(8-10)16(18)19/h2-8H,1H3. The molecular formula is C14H10BrNO4. The Morgan fingerprint density at radius 1 is 1.25 bits per heavy atom. The molecule has 0 N–H and O–H groups in total. The average molecular weight is 336 g/mol. The molecule has 5 nitrogen and oxygen atoms in total. The van der Waals surface area contributed by atoms with Crippen molar-refractivity contribution in [3.05, 3.63) is 68.2 Å². The Morgan fingerprint density at radius 3 is 2.65 bits per heavy atom. The highest BCUT2D eigenvalue weighted by atomic mass is 79.9. The van der Waals surface area contributed by atoms with E-state index in [9.17, 15) is 14.9 Å². The van der Waals surface area contributed by atoms with Crippen molar-refractivity contribution in [2.24, 2.45) is 0 Å². The highest BCUT2D eigenvalue weighted by Crippen LogP contribution is 2.26. The van der Waals surface area contributed by atoms with Crippen molar-refractivity contribution in [1.82, 2.24) is 0 Å². The molecule has 0 saturated carbocycles. The lowest BCUT2D eigenvalue weighted by Gasteiger charge is -2.07. The molecular weight excluding hydrogens is 326 g/mol. The summed E-state index contributed by atoms with van der Waals surface area (Å²) < 4.78 is 5.86. The maximum absolute atomic E-state index is 12.0. The highest BCUT2D eigenvalue weighted by Gasteiger charge is 2.14. The minimum atomic E-state index is -0.641. The summed E-state index contributed by atoms with van der Waals surface area (Å²) in [5, 5.41) is 10.7. The second kappa shape index (κ2) is 5.83. The molecule has 2 rings (SSSR count). The van der Waals surface area contributed by atoms with Crippen LogP contribution < -0.4 is 4.74 Å². The van der Waals surface area contributed by atoms with Gasteiger partial charge in [0.2, 0.25) is 0 Å². The van der Waals surface area contributed by atoms with E-state index >= 15 is 0 Å². The molecule has 2 aromatic carbocycles. The molecule has 0 bridgehead atoms. The first-order valence-electron chi connectivity index (χ1n) is 5.70. The summed E-state index contributed by atoms with van der Waals surface area (Å²) in [7, 11) is 0. The zero-order valence-corrected chi connectivity index (χ0v) is 12.1. The zero-order chi connectivity index (χ0) is 14.7. The molecule has 0 aliphatic heterocycles. The van der Waals surface area contributed by atoms with Crippen molar-refractivity contribution < 1.29 is 14.5 Å². The first-order chi connectivity index (χ1) is 9.47. The van der Waals surface area contributed by atoms with Gasteiger partial charge in [0, 0.05) is 12.1 Å². The SMILES string of the molecule is Cc1ccc(OC(=O)c2cccc([N+](=O)[O-])c2)c(Br)c1. The molecule has 20 heavy (non-hydrogen) atoms. The third-order valence-corrected chi connectivity index (χ3v) is 3.20. The van der Waals surface area contributed by atoms with E-state index in [1.807, 2.05) is 13.0 Å². The first-order valence-corrected chi connectivity index (χ1v) is 6.49. The van der Waals surface area contributed by atoms with Crippen molar-refractivity contribution in [2.75, 3.05) is 0 Å². The van der Waals surface area contributed by atoms with E-state index in [2.05, 4.69) is 15.9 Å². The van der Waals surface area contributed by atoms with Gasteiger partial charge in [0.1, 0.15) is 5.75 Å². The summed E-state index contributed by atoms with van der Waals surface area (Å²) in [6.45, 7) is 1.91. The van der Waals surface area contributed by atoms with E-state index in [0.29, 0.717) is 10.2 Å². The van der Waals surface area contributed by atoms with Crippen molar-refractivity contribution in [3.8, 4) is 5.75 Å². The predicted octanol–water partition coefficient (Wildman–Crippen LogP) is 3.88. The Balaban J connectivity index is 2.24. The van der Waals surface area contributed by atoms with Gasteiger partial charge in [-0.2, -0.15) is 0 Å². The number of rotatable bonds is 3. The fraction of sp³-hybridized carbons (Fsp3) is 0.0714. The molecule has 0 heterocycles. The second-order valence-electron chi connectivity index (χ2n) is 4.13. The molecule has 0 atom stereocenters. The van der Waals surface area contributed by atoms with Crippen LogP contribution in [0.1, 0.15) is 15.9 Å². The number of nitrogens with zero attached hydrogens (tertiary/aromatic N) is 1. The molecule has 2 aromatic rings. The smallest absolute Gasteiger partial charge is 0.343 e. The molecule has 0 aliphatic rings. The summed E-state index contributed by atoms with van der Waals surface area (Å²) in [6, 6.07) is 10.7. The van der Waals surface area contributed by atoms with Gasteiger partial charge in [0.05, 0.1) is 15.0 Å².